The average Bonchev–Trinajstić information content (AvgIpc) is 2.69. The summed E-state index contributed by atoms with van der Waals surface area (Å²) in [7, 11) is -4.64. The van der Waals surface area contributed by atoms with Gasteiger partial charge in [0, 0.05) is 6.20 Å². The summed E-state index contributed by atoms with van der Waals surface area (Å²) in [4.78, 5) is 46.2. The van der Waals surface area contributed by atoms with E-state index in [0.29, 0.717) is 0 Å². The smallest absolute Gasteiger partial charge is 0.394 e. The van der Waals surface area contributed by atoms with Crippen molar-refractivity contribution in [2.45, 2.75) is 29.4 Å². The summed E-state index contributed by atoms with van der Waals surface area (Å²) in [5.74, 6) is 0. The lowest BCUT2D eigenvalue weighted by Gasteiger charge is -2.17. The third-order valence-electron chi connectivity index (χ3n) is 2.74. The van der Waals surface area contributed by atoms with Crippen molar-refractivity contribution in [2.24, 2.45) is 0 Å². The number of aromatic nitrogens is 2. The van der Waals surface area contributed by atoms with E-state index in [0.717, 1.165) is 10.8 Å². The second-order valence-corrected chi connectivity index (χ2v) is 5.93. The zero-order chi connectivity index (χ0) is 17.9. The summed E-state index contributed by atoms with van der Waals surface area (Å²) in [6, 6.07) is 0. The zero-order valence-corrected chi connectivity index (χ0v) is 13.0. The van der Waals surface area contributed by atoms with Gasteiger partial charge in [0.15, 0.2) is 6.23 Å². The van der Waals surface area contributed by atoms with Crippen LogP contribution in [-0.4, -0.2) is 64.5 Å². The van der Waals surface area contributed by atoms with Crippen LogP contribution in [0.15, 0.2) is 20.7 Å². The largest absolute Gasteiger partial charge is 0.466 e. The van der Waals surface area contributed by atoms with Crippen molar-refractivity contribution < 1.29 is 39.3 Å². The third-order valence-corrected chi connectivity index (χ3v) is 3.06. The maximum absolute atomic E-state index is 11.6. The molecule has 1 saturated heterocycles. The van der Waals surface area contributed by atoms with Crippen molar-refractivity contribution in [1.82, 2.24) is 9.55 Å². The first-order valence-electron chi connectivity index (χ1n) is 5.91. The van der Waals surface area contributed by atoms with Crippen molar-refractivity contribution in [2.75, 3.05) is 6.61 Å². The quantitative estimate of drug-likeness (QED) is 0.190. The van der Waals surface area contributed by atoms with Crippen LogP contribution >= 0.6 is 20.5 Å². The summed E-state index contributed by atoms with van der Waals surface area (Å²) in [5, 5.41) is 28.2. The van der Waals surface area contributed by atoms with Crippen LogP contribution in [0.25, 0.3) is 0 Å². The molecular formula is C9H15N2O10PS. The van der Waals surface area contributed by atoms with E-state index in [2.05, 4.69) is 12.6 Å². The van der Waals surface area contributed by atoms with Gasteiger partial charge in [-0.15, -0.1) is 12.6 Å². The average molecular weight is 374 g/mol. The van der Waals surface area contributed by atoms with E-state index in [-0.39, 0.29) is 4.90 Å². The lowest BCUT2D eigenvalue weighted by molar-refractivity contribution is -0.0553. The second-order valence-electron chi connectivity index (χ2n) is 4.42. The van der Waals surface area contributed by atoms with Crippen LogP contribution in [0.3, 0.4) is 0 Å². The number of aliphatic hydroxyl groups excluding tert-OH is 3. The Morgan fingerprint density at radius 3 is 2.22 bits per heavy atom. The monoisotopic (exact) mass is 374 g/mol. The standard InChI is InChI=1S/C9H12N2O6S.H3O4P/c12-2-3-5(13)6(14)8(17-3)11-1-4(18)7(15)10-9(11)16;1-5(2,3)4/h1,3,5-6,8,12-14,18H,2H2,(H,10,15,16);(H3,1,2,3,4)/t3-,5-,6-,8-;/m1./s1. The number of rotatable bonds is 2. The van der Waals surface area contributed by atoms with E-state index >= 15 is 0 Å². The van der Waals surface area contributed by atoms with Gasteiger partial charge >= 0.3 is 13.5 Å². The fourth-order valence-corrected chi connectivity index (χ4v) is 1.95. The van der Waals surface area contributed by atoms with Gasteiger partial charge in [-0.05, 0) is 0 Å². The normalized spacial score (nSPS) is 27.4. The Labute approximate surface area is 133 Å². The van der Waals surface area contributed by atoms with Gasteiger partial charge in [0.1, 0.15) is 18.3 Å². The highest BCUT2D eigenvalue weighted by Crippen LogP contribution is 2.28. The van der Waals surface area contributed by atoms with Gasteiger partial charge in [-0.1, -0.05) is 0 Å². The van der Waals surface area contributed by atoms with Gasteiger partial charge in [-0.25, -0.2) is 9.36 Å². The van der Waals surface area contributed by atoms with Crippen LogP contribution in [0.5, 0.6) is 0 Å². The maximum atomic E-state index is 11.6. The number of aromatic amines is 1. The first-order valence-corrected chi connectivity index (χ1v) is 7.92. The molecule has 0 saturated carbocycles. The van der Waals surface area contributed by atoms with E-state index in [9.17, 15) is 19.8 Å². The number of nitrogens with zero attached hydrogens (tertiary/aromatic N) is 1. The van der Waals surface area contributed by atoms with Crippen molar-refractivity contribution >= 4 is 20.5 Å². The molecule has 132 valence electrons. The number of phosphoric acid groups is 1. The van der Waals surface area contributed by atoms with Crippen molar-refractivity contribution in [3.8, 4) is 0 Å². The van der Waals surface area contributed by atoms with E-state index in [1.807, 2.05) is 4.98 Å². The molecule has 1 aromatic heterocycles. The molecule has 1 aromatic rings. The number of ether oxygens (including phenoxy) is 1. The molecule has 2 heterocycles. The molecule has 0 bridgehead atoms. The van der Waals surface area contributed by atoms with Crippen LogP contribution in [0.4, 0.5) is 0 Å². The van der Waals surface area contributed by atoms with Gasteiger partial charge in [-0.2, -0.15) is 0 Å². The molecule has 14 heteroatoms. The van der Waals surface area contributed by atoms with Crippen molar-refractivity contribution in [3.05, 3.63) is 27.0 Å². The Kier molecular flexibility index (Phi) is 6.70. The lowest BCUT2D eigenvalue weighted by Crippen LogP contribution is -2.38. The predicted octanol–water partition coefficient (Wildman–Crippen LogP) is -3.49. The molecule has 0 unspecified atom stereocenters. The lowest BCUT2D eigenvalue weighted by atomic mass is 10.1. The molecule has 2 rings (SSSR count). The highest BCUT2D eigenvalue weighted by molar-refractivity contribution is 7.80. The molecule has 23 heavy (non-hydrogen) atoms. The third kappa shape index (κ3) is 5.53. The van der Waals surface area contributed by atoms with Gasteiger partial charge in [0.2, 0.25) is 0 Å². The molecular weight excluding hydrogens is 359 g/mol. The first kappa shape index (κ1) is 20.0. The van der Waals surface area contributed by atoms with E-state index in [1.165, 1.54) is 0 Å². The van der Waals surface area contributed by atoms with Crippen molar-refractivity contribution in [1.29, 1.82) is 0 Å². The van der Waals surface area contributed by atoms with Gasteiger partial charge in [0.05, 0.1) is 11.5 Å². The number of H-pyrrole nitrogens is 1. The molecule has 1 aliphatic heterocycles. The van der Waals surface area contributed by atoms with E-state index in [1.54, 1.807) is 0 Å². The minimum absolute atomic E-state index is 0.0349. The minimum Gasteiger partial charge on any atom is -0.394 e. The van der Waals surface area contributed by atoms with Crippen LogP contribution in [-0.2, 0) is 9.30 Å². The Hall–Kier alpha value is -1.02. The number of aliphatic hydroxyl groups is 3. The molecule has 7 N–H and O–H groups in total. The maximum Gasteiger partial charge on any atom is 0.466 e. The molecule has 0 aromatic carbocycles. The first-order chi connectivity index (χ1) is 10.5. The van der Waals surface area contributed by atoms with E-state index < -0.39 is 50.2 Å². The summed E-state index contributed by atoms with van der Waals surface area (Å²) >= 11 is 3.85. The molecule has 0 radical (unpaired) electrons. The summed E-state index contributed by atoms with van der Waals surface area (Å²) in [5.41, 5.74) is -1.46. The number of nitrogens with one attached hydrogen (secondary N) is 1. The predicted molar refractivity (Wildman–Crippen MR) is 75.8 cm³/mol. The second kappa shape index (κ2) is 7.70. The molecule has 1 fully saturated rings. The Morgan fingerprint density at radius 2 is 1.78 bits per heavy atom. The number of hydrogen-bond donors (Lipinski definition) is 8. The fraction of sp³-hybridized carbons (Fsp3) is 0.556. The van der Waals surface area contributed by atoms with Crippen LogP contribution < -0.4 is 11.2 Å². The summed E-state index contributed by atoms with van der Waals surface area (Å²) in [6.07, 6.45) is -3.79. The SMILES string of the molecule is O=P(O)(O)O.O=c1[nH]c(=O)n([C@@H]2O[C@H](CO)[C@@H](O)[C@H]2O)cc1S. The van der Waals surface area contributed by atoms with Crippen LogP contribution in [0.1, 0.15) is 6.23 Å². The highest BCUT2D eigenvalue weighted by Gasteiger charge is 2.43. The van der Waals surface area contributed by atoms with Gasteiger partial charge in [-0.3, -0.25) is 14.3 Å². The molecule has 0 aliphatic carbocycles. The summed E-state index contributed by atoms with van der Waals surface area (Å²) in [6.45, 7) is -0.499. The van der Waals surface area contributed by atoms with Crippen LogP contribution in [0.2, 0.25) is 0 Å². The topological polar surface area (TPSA) is 203 Å². The Balaban J connectivity index is 0.000000463. The molecule has 4 atom stereocenters. The highest BCUT2D eigenvalue weighted by atomic mass is 32.1. The van der Waals surface area contributed by atoms with Crippen LogP contribution in [0, 0.1) is 0 Å². The van der Waals surface area contributed by atoms with Gasteiger partial charge < -0.3 is 34.7 Å². The minimum atomic E-state index is -4.64. The number of thiol groups is 1. The number of hydrogen-bond acceptors (Lipinski definition) is 8. The zero-order valence-electron chi connectivity index (χ0n) is 11.3. The van der Waals surface area contributed by atoms with Gasteiger partial charge in [0.25, 0.3) is 5.56 Å². The molecule has 12 nitrogen and oxygen atoms in total. The molecule has 1 aliphatic rings. The fourth-order valence-electron chi connectivity index (χ4n) is 1.77. The summed E-state index contributed by atoms with van der Waals surface area (Å²) < 4.78 is 14.9. The van der Waals surface area contributed by atoms with Crippen molar-refractivity contribution in [3.63, 3.8) is 0 Å². The van der Waals surface area contributed by atoms with E-state index in [4.69, 9.17) is 29.1 Å². The Morgan fingerprint density at radius 1 is 1.26 bits per heavy atom. The molecule has 0 spiro atoms. The Bertz CT molecular complexity index is 690. The molecule has 0 amide bonds.